The van der Waals surface area contributed by atoms with Crippen molar-refractivity contribution in [3.63, 3.8) is 0 Å². The molecule has 4 heteroatoms. The van der Waals surface area contributed by atoms with E-state index in [2.05, 4.69) is 5.40 Å². The molecule has 2 nitrogen and oxygen atoms in total. The Balaban J connectivity index is 2.23. The molecule has 0 aromatic heterocycles. The maximum Gasteiger partial charge on any atom is 0.177 e. The summed E-state index contributed by atoms with van der Waals surface area (Å²) in [6.45, 7) is 1.89. The summed E-state index contributed by atoms with van der Waals surface area (Å²) < 4.78 is 0. The van der Waals surface area contributed by atoms with Crippen LogP contribution in [0.3, 0.4) is 0 Å². The van der Waals surface area contributed by atoms with E-state index in [1.165, 1.54) is 12.8 Å². The van der Waals surface area contributed by atoms with Crippen molar-refractivity contribution in [1.29, 1.82) is 5.26 Å². The largest absolute Gasteiger partial charge is 0.293 e. The van der Waals surface area contributed by atoms with E-state index in [4.69, 9.17) is 16.9 Å². The van der Waals surface area contributed by atoms with Crippen molar-refractivity contribution < 1.29 is 4.79 Å². The Morgan fingerprint density at radius 1 is 1.47 bits per heavy atom. The number of carbonyl (C=O) groups is 1. The van der Waals surface area contributed by atoms with Gasteiger partial charge < -0.3 is 0 Å². The molecule has 100 valence electrons. The van der Waals surface area contributed by atoms with Crippen molar-refractivity contribution in [3.05, 3.63) is 34.3 Å². The number of aryl methyl sites for hydroxylation is 1. The van der Waals surface area contributed by atoms with Gasteiger partial charge in [-0.05, 0) is 61.2 Å². The van der Waals surface area contributed by atoms with E-state index >= 15 is 0 Å². The lowest BCUT2D eigenvalue weighted by atomic mass is 9.95. The van der Waals surface area contributed by atoms with Gasteiger partial charge in [0.05, 0.1) is 5.25 Å². The van der Waals surface area contributed by atoms with E-state index in [0.29, 0.717) is 16.5 Å². The zero-order valence-electron chi connectivity index (χ0n) is 10.9. The van der Waals surface area contributed by atoms with Crippen LogP contribution < -0.4 is 0 Å². The fourth-order valence-corrected chi connectivity index (χ4v) is 3.58. The maximum absolute atomic E-state index is 12.6. The molecule has 1 aromatic rings. The highest BCUT2D eigenvalue weighted by Gasteiger charge is 2.32. The first-order valence-electron chi connectivity index (χ1n) is 6.48. The van der Waals surface area contributed by atoms with Gasteiger partial charge in [-0.3, -0.25) is 4.79 Å². The first-order chi connectivity index (χ1) is 9.13. The van der Waals surface area contributed by atoms with Gasteiger partial charge >= 0.3 is 0 Å². The van der Waals surface area contributed by atoms with Crippen molar-refractivity contribution >= 4 is 29.1 Å². The fraction of sp³-hybridized carbons (Fsp3) is 0.467. The summed E-state index contributed by atoms with van der Waals surface area (Å²) in [6.07, 6.45) is 4.44. The molecule has 1 aliphatic carbocycles. The van der Waals surface area contributed by atoms with Gasteiger partial charge in [-0.15, -0.1) is 0 Å². The number of hydrogen-bond acceptors (Lipinski definition) is 3. The van der Waals surface area contributed by atoms with Gasteiger partial charge in [0.25, 0.3) is 0 Å². The number of nitriles is 1. The molecule has 0 aliphatic heterocycles. The number of carbonyl (C=O) groups excluding carboxylic acids is 1. The first-order valence-corrected chi connectivity index (χ1v) is 7.74. The number of nitrogens with zero attached hydrogens (tertiary/aromatic N) is 1. The molecule has 0 saturated heterocycles. The first kappa shape index (κ1) is 14.4. The van der Waals surface area contributed by atoms with Crippen molar-refractivity contribution in [2.24, 2.45) is 5.92 Å². The van der Waals surface area contributed by atoms with Crippen LogP contribution in [-0.2, 0) is 0 Å². The minimum Gasteiger partial charge on any atom is -0.293 e. The lowest BCUT2D eigenvalue weighted by Crippen LogP contribution is -2.25. The third-order valence-electron chi connectivity index (χ3n) is 3.71. The van der Waals surface area contributed by atoms with E-state index in [9.17, 15) is 4.79 Å². The topological polar surface area (TPSA) is 40.9 Å². The van der Waals surface area contributed by atoms with Crippen LogP contribution in [0.15, 0.2) is 18.2 Å². The smallest absolute Gasteiger partial charge is 0.177 e. The molecule has 0 amide bonds. The van der Waals surface area contributed by atoms with Crippen LogP contribution in [0.5, 0.6) is 0 Å². The SMILES string of the molecule is Cc1cc(C(=O)C(SC#N)C2CCCC2)ccc1Cl. The molecule has 0 heterocycles. The van der Waals surface area contributed by atoms with E-state index in [-0.39, 0.29) is 11.0 Å². The van der Waals surface area contributed by atoms with Gasteiger partial charge in [0.2, 0.25) is 0 Å². The molecule has 0 N–H and O–H groups in total. The lowest BCUT2D eigenvalue weighted by Gasteiger charge is -2.18. The molecule has 0 radical (unpaired) electrons. The number of rotatable bonds is 4. The molecule has 1 saturated carbocycles. The summed E-state index contributed by atoms with van der Waals surface area (Å²) in [4.78, 5) is 12.6. The van der Waals surface area contributed by atoms with Crippen LogP contribution in [0.1, 0.15) is 41.6 Å². The van der Waals surface area contributed by atoms with Crippen LogP contribution in [0.2, 0.25) is 5.02 Å². The van der Waals surface area contributed by atoms with E-state index in [0.717, 1.165) is 30.2 Å². The number of benzene rings is 1. The van der Waals surface area contributed by atoms with Gasteiger partial charge in [0, 0.05) is 10.6 Å². The average molecular weight is 294 g/mol. The molecule has 1 atom stereocenters. The third-order valence-corrected chi connectivity index (χ3v) is 5.09. The maximum atomic E-state index is 12.6. The third kappa shape index (κ3) is 3.32. The molecule has 2 rings (SSSR count). The molecule has 1 aromatic carbocycles. The van der Waals surface area contributed by atoms with E-state index < -0.39 is 0 Å². The zero-order valence-corrected chi connectivity index (χ0v) is 12.4. The number of thioether (sulfide) groups is 1. The second-order valence-electron chi connectivity index (χ2n) is 5.00. The summed E-state index contributed by atoms with van der Waals surface area (Å²) in [5.74, 6) is 0.409. The summed E-state index contributed by atoms with van der Waals surface area (Å²) in [7, 11) is 0. The Morgan fingerprint density at radius 3 is 2.74 bits per heavy atom. The summed E-state index contributed by atoms with van der Waals surface area (Å²) >= 11 is 7.09. The van der Waals surface area contributed by atoms with Crippen LogP contribution in [-0.4, -0.2) is 11.0 Å². The van der Waals surface area contributed by atoms with Crippen LogP contribution >= 0.6 is 23.4 Å². The quantitative estimate of drug-likeness (QED) is 0.601. The van der Waals surface area contributed by atoms with Crippen LogP contribution in [0, 0.1) is 23.5 Å². The predicted octanol–water partition coefficient (Wildman–Crippen LogP) is 4.60. The minimum absolute atomic E-state index is 0.0678. The van der Waals surface area contributed by atoms with Gasteiger partial charge in [-0.25, -0.2) is 0 Å². The Morgan fingerprint density at radius 2 is 2.16 bits per heavy atom. The van der Waals surface area contributed by atoms with Gasteiger partial charge in [-0.1, -0.05) is 24.4 Å². The number of halogens is 1. The zero-order chi connectivity index (χ0) is 13.8. The van der Waals surface area contributed by atoms with Crippen molar-refractivity contribution in [2.45, 2.75) is 37.9 Å². The van der Waals surface area contributed by atoms with E-state index in [1.54, 1.807) is 12.1 Å². The Hall–Kier alpha value is -0.980. The average Bonchev–Trinajstić information content (AvgIpc) is 2.92. The highest BCUT2D eigenvalue weighted by atomic mass is 35.5. The Labute approximate surface area is 123 Å². The molecule has 1 unspecified atom stereocenters. The molecule has 0 spiro atoms. The predicted molar refractivity (Wildman–Crippen MR) is 79.5 cm³/mol. The van der Waals surface area contributed by atoms with Crippen molar-refractivity contribution in [1.82, 2.24) is 0 Å². The van der Waals surface area contributed by atoms with Gasteiger partial charge in [-0.2, -0.15) is 5.26 Å². The highest BCUT2D eigenvalue weighted by molar-refractivity contribution is 8.05. The van der Waals surface area contributed by atoms with Crippen molar-refractivity contribution in [3.8, 4) is 5.40 Å². The number of ketones is 1. The molecule has 0 bridgehead atoms. The normalized spacial score (nSPS) is 17.1. The molecular weight excluding hydrogens is 278 g/mol. The standard InChI is InChI=1S/C15H16ClNOS/c1-10-8-12(6-7-13(10)16)14(18)15(19-9-17)11-4-2-3-5-11/h6-8,11,15H,2-5H2,1H3. The second-order valence-corrected chi connectivity index (χ2v) is 6.34. The fourth-order valence-electron chi connectivity index (χ4n) is 2.64. The lowest BCUT2D eigenvalue weighted by molar-refractivity contribution is 0.0970. The Kier molecular flexibility index (Phi) is 4.90. The summed E-state index contributed by atoms with van der Waals surface area (Å²) in [5, 5.41) is 11.5. The number of hydrogen-bond donors (Lipinski definition) is 0. The summed E-state index contributed by atoms with van der Waals surface area (Å²) in [6, 6.07) is 5.34. The molecule has 1 aliphatic rings. The highest BCUT2D eigenvalue weighted by Crippen LogP contribution is 2.35. The number of thiocyanates is 1. The van der Waals surface area contributed by atoms with E-state index in [1.807, 2.05) is 13.0 Å². The Bertz CT molecular complexity index is 517. The summed E-state index contributed by atoms with van der Waals surface area (Å²) in [5.41, 5.74) is 1.57. The van der Waals surface area contributed by atoms with Crippen LogP contribution in [0.25, 0.3) is 0 Å². The molecule has 1 fully saturated rings. The monoisotopic (exact) mass is 293 g/mol. The number of Topliss-reactive ketones (excluding diaryl/α,β-unsaturated/α-hetero) is 1. The van der Waals surface area contributed by atoms with Gasteiger partial charge in [0.1, 0.15) is 5.40 Å². The molecule has 19 heavy (non-hydrogen) atoms. The minimum atomic E-state index is -0.229. The second kappa shape index (κ2) is 6.45. The van der Waals surface area contributed by atoms with Crippen LogP contribution in [0.4, 0.5) is 0 Å². The van der Waals surface area contributed by atoms with Crippen molar-refractivity contribution in [2.75, 3.05) is 0 Å². The molecular formula is C15H16ClNOS. The van der Waals surface area contributed by atoms with Gasteiger partial charge in [0.15, 0.2) is 5.78 Å².